The zero-order chi connectivity index (χ0) is 16.6. The van der Waals surface area contributed by atoms with Gasteiger partial charge in [0.05, 0.1) is 12.2 Å². The van der Waals surface area contributed by atoms with Crippen LogP contribution in [-0.4, -0.2) is 27.4 Å². The Kier molecular flexibility index (Phi) is 4.08. The predicted molar refractivity (Wildman–Crippen MR) is 82.8 cm³/mol. The first-order valence-corrected chi connectivity index (χ1v) is 8.18. The fourth-order valence-electron chi connectivity index (χ4n) is 3.23. The summed E-state index contributed by atoms with van der Waals surface area (Å²) < 4.78 is 13.2. The molecule has 1 saturated carbocycles. The summed E-state index contributed by atoms with van der Waals surface area (Å²) in [5.74, 6) is -0.100. The Hall–Kier alpha value is -1.98. The van der Waals surface area contributed by atoms with E-state index >= 15 is 0 Å². The first-order valence-electron chi connectivity index (χ1n) is 8.18. The van der Waals surface area contributed by atoms with E-state index in [-0.39, 0.29) is 18.4 Å². The second kappa shape index (κ2) is 5.91. The highest BCUT2D eigenvalue weighted by molar-refractivity contribution is 6.07. The van der Waals surface area contributed by atoms with E-state index in [2.05, 4.69) is 24.1 Å². The molecule has 1 aromatic heterocycles. The van der Waals surface area contributed by atoms with Gasteiger partial charge in [-0.2, -0.15) is 4.39 Å². The van der Waals surface area contributed by atoms with Crippen molar-refractivity contribution in [2.75, 3.05) is 0 Å². The zero-order valence-corrected chi connectivity index (χ0v) is 13.5. The van der Waals surface area contributed by atoms with Crippen LogP contribution in [0.5, 0.6) is 0 Å². The number of aromatic nitrogens is 1. The topological polar surface area (TPSA) is 62.3 Å². The fourth-order valence-corrected chi connectivity index (χ4v) is 3.23. The minimum atomic E-state index is -0.769. The van der Waals surface area contributed by atoms with Gasteiger partial charge in [-0.05, 0) is 49.7 Å². The summed E-state index contributed by atoms with van der Waals surface area (Å²) in [5.41, 5.74) is -0.391. The molecule has 0 radical (unpaired) electrons. The van der Waals surface area contributed by atoms with Crippen LogP contribution < -0.4 is 5.32 Å². The maximum atomic E-state index is 13.2. The van der Waals surface area contributed by atoms with Gasteiger partial charge in [0.15, 0.2) is 0 Å². The molecule has 1 aromatic rings. The van der Waals surface area contributed by atoms with Crippen LogP contribution in [0.15, 0.2) is 18.2 Å². The summed E-state index contributed by atoms with van der Waals surface area (Å²) in [6, 6.07) is 4.00. The Bertz CT molecular complexity index is 630. The Morgan fingerprint density at radius 1 is 1.39 bits per heavy atom. The molecular weight excluding hydrogens is 297 g/mol. The van der Waals surface area contributed by atoms with Gasteiger partial charge in [-0.25, -0.2) is 9.78 Å². The molecule has 3 rings (SSSR count). The quantitative estimate of drug-likeness (QED) is 0.648. The van der Waals surface area contributed by atoms with Gasteiger partial charge in [0, 0.05) is 0 Å². The molecule has 1 N–H and O–H groups in total. The van der Waals surface area contributed by atoms with Crippen LogP contribution in [0.1, 0.15) is 45.2 Å². The van der Waals surface area contributed by atoms with Gasteiger partial charge in [-0.3, -0.25) is 9.69 Å². The van der Waals surface area contributed by atoms with Crippen molar-refractivity contribution in [2.24, 2.45) is 11.8 Å². The van der Waals surface area contributed by atoms with E-state index in [1.807, 2.05) is 0 Å². The number of carbonyl (C=O) groups excluding carboxylic acids is 2. The largest absolute Gasteiger partial charge is 0.325 e. The van der Waals surface area contributed by atoms with E-state index < -0.39 is 17.5 Å². The van der Waals surface area contributed by atoms with Gasteiger partial charge in [0.25, 0.3) is 5.91 Å². The Balaban J connectivity index is 1.80. The molecule has 2 heterocycles. The Morgan fingerprint density at radius 2 is 2.13 bits per heavy atom. The third-order valence-corrected chi connectivity index (χ3v) is 4.69. The molecule has 1 aliphatic carbocycles. The number of hydrogen-bond acceptors (Lipinski definition) is 3. The van der Waals surface area contributed by atoms with Crippen LogP contribution in [0.25, 0.3) is 0 Å². The number of pyridine rings is 1. The van der Waals surface area contributed by atoms with E-state index in [0.29, 0.717) is 18.0 Å². The van der Waals surface area contributed by atoms with Crippen LogP contribution in [0.3, 0.4) is 0 Å². The molecule has 6 heteroatoms. The number of nitrogens with one attached hydrogen (secondary N) is 1. The maximum Gasteiger partial charge on any atom is 0.325 e. The third kappa shape index (κ3) is 3.07. The highest BCUT2D eigenvalue weighted by Gasteiger charge is 2.58. The number of nitrogens with zero attached hydrogens (tertiary/aromatic N) is 2. The van der Waals surface area contributed by atoms with Crippen LogP contribution in [-0.2, 0) is 11.3 Å². The average Bonchev–Trinajstić information content (AvgIpc) is 3.30. The van der Waals surface area contributed by atoms with Crippen molar-refractivity contribution in [3.05, 3.63) is 29.8 Å². The molecule has 1 saturated heterocycles. The number of hydrogen-bond donors (Lipinski definition) is 1. The van der Waals surface area contributed by atoms with Crippen molar-refractivity contribution in [1.82, 2.24) is 15.2 Å². The normalized spacial score (nSPS) is 24.4. The van der Waals surface area contributed by atoms with E-state index in [1.54, 1.807) is 6.07 Å². The van der Waals surface area contributed by atoms with Gasteiger partial charge in [0.1, 0.15) is 5.54 Å². The molecule has 1 aliphatic heterocycles. The van der Waals surface area contributed by atoms with Crippen molar-refractivity contribution in [1.29, 1.82) is 0 Å². The third-order valence-electron chi connectivity index (χ3n) is 4.69. The SMILES string of the molecule is CC(C)CC[C@@]1(C2CC2)NC(=O)N(Cc2cccc(F)n2)C1=O. The summed E-state index contributed by atoms with van der Waals surface area (Å²) >= 11 is 0. The van der Waals surface area contributed by atoms with Gasteiger partial charge in [-0.1, -0.05) is 19.9 Å². The Morgan fingerprint density at radius 3 is 2.74 bits per heavy atom. The zero-order valence-electron chi connectivity index (χ0n) is 13.5. The summed E-state index contributed by atoms with van der Waals surface area (Å²) in [6.45, 7) is 4.23. The first-order chi connectivity index (χ1) is 10.9. The van der Waals surface area contributed by atoms with Crippen molar-refractivity contribution in [2.45, 2.75) is 51.6 Å². The summed E-state index contributed by atoms with van der Waals surface area (Å²) in [7, 11) is 0. The summed E-state index contributed by atoms with van der Waals surface area (Å²) in [4.78, 5) is 30.2. The summed E-state index contributed by atoms with van der Waals surface area (Å²) in [6.07, 6.45) is 3.48. The fraction of sp³-hybridized carbons (Fsp3) is 0.588. The minimum absolute atomic E-state index is 0.0125. The van der Waals surface area contributed by atoms with Gasteiger partial charge in [0.2, 0.25) is 5.95 Å². The monoisotopic (exact) mass is 319 g/mol. The highest BCUT2D eigenvalue weighted by atomic mass is 19.1. The molecule has 0 spiro atoms. The van der Waals surface area contributed by atoms with Gasteiger partial charge in [-0.15, -0.1) is 0 Å². The predicted octanol–water partition coefficient (Wildman–Crippen LogP) is 2.86. The van der Waals surface area contributed by atoms with Gasteiger partial charge < -0.3 is 5.32 Å². The van der Waals surface area contributed by atoms with Crippen molar-refractivity contribution in [3.8, 4) is 0 Å². The molecule has 2 fully saturated rings. The standard InChI is InChI=1S/C17H22FN3O2/c1-11(2)8-9-17(12-6-7-12)15(22)21(16(23)20-17)10-13-4-3-5-14(18)19-13/h3-5,11-12H,6-10H2,1-2H3,(H,20,23)/t17-/m0/s1. The van der Waals surface area contributed by atoms with E-state index in [9.17, 15) is 14.0 Å². The molecule has 0 unspecified atom stereocenters. The van der Waals surface area contributed by atoms with E-state index in [1.165, 1.54) is 17.0 Å². The maximum absolute atomic E-state index is 13.2. The van der Waals surface area contributed by atoms with Crippen LogP contribution in [0, 0.1) is 17.8 Å². The van der Waals surface area contributed by atoms with Crippen LogP contribution in [0.2, 0.25) is 0 Å². The molecular formula is C17H22FN3O2. The lowest BCUT2D eigenvalue weighted by Crippen LogP contribution is -2.49. The lowest BCUT2D eigenvalue weighted by Gasteiger charge is -2.27. The van der Waals surface area contributed by atoms with Gasteiger partial charge >= 0.3 is 6.03 Å². The van der Waals surface area contributed by atoms with Crippen LogP contribution >= 0.6 is 0 Å². The second-order valence-corrected chi connectivity index (χ2v) is 6.95. The highest BCUT2D eigenvalue weighted by Crippen LogP contribution is 2.46. The number of urea groups is 1. The Labute approximate surface area is 135 Å². The molecule has 23 heavy (non-hydrogen) atoms. The number of amides is 3. The van der Waals surface area contributed by atoms with E-state index in [4.69, 9.17) is 0 Å². The second-order valence-electron chi connectivity index (χ2n) is 6.95. The molecule has 124 valence electrons. The number of imide groups is 1. The summed E-state index contributed by atoms with van der Waals surface area (Å²) in [5, 5.41) is 2.94. The smallest absolute Gasteiger partial charge is 0.323 e. The number of carbonyl (C=O) groups is 2. The minimum Gasteiger partial charge on any atom is -0.323 e. The average molecular weight is 319 g/mol. The lowest BCUT2D eigenvalue weighted by molar-refractivity contribution is -0.132. The molecule has 0 bridgehead atoms. The molecule has 0 aromatic carbocycles. The van der Waals surface area contributed by atoms with Crippen LogP contribution in [0.4, 0.5) is 9.18 Å². The molecule has 3 amide bonds. The van der Waals surface area contributed by atoms with E-state index in [0.717, 1.165) is 19.3 Å². The number of rotatable bonds is 6. The van der Waals surface area contributed by atoms with Crippen molar-refractivity contribution < 1.29 is 14.0 Å². The lowest BCUT2D eigenvalue weighted by atomic mass is 9.85. The number of halogens is 1. The van der Waals surface area contributed by atoms with Crippen molar-refractivity contribution in [3.63, 3.8) is 0 Å². The molecule has 2 aliphatic rings. The first kappa shape index (κ1) is 15.9. The van der Waals surface area contributed by atoms with Crippen molar-refractivity contribution >= 4 is 11.9 Å². The molecule has 5 nitrogen and oxygen atoms in total. The molecule has 1 atom stereocenters.